The second kappa shape index (κ2) is 11.0. The van der Waals surface area contributed by atoms with E-state index >= 15 is 0 Å². The van der Waals surface area contributed by atoms with Crippen molar-refractivity contribution in [2.45, 2.75) is 63.8 Å². The molecule has 9 nitrogen and oxygen atoms in total. The van der Waals surface area contributed by atoms with Gasteiger partial charge < -0.3 is 21.3 Å². The van der Waals surface area contributed by atoms with Gasteiger partial charge in [0.2, 0.25) is 10.0 Å². The van der Waals surface area contributed by atoms with E-state index in [4.69, 9.17) is 0 Å². The summed E-state index contributed by atoms with van der Waals surface area (Å²) in [6.07, 6.45) is 2.98. The number of aliphatic imine (C=N–C) groups is 2. The Morgan fingerprint density at radius 1 is 1.18 bits per heavy atom. The van der Waals surface area contributed by atoms with Gasteiger partial charge in [-0.15, -0.1) is 0 Å². The van der Waals surface area contributed by atoms with Gasteiger partial charge in [0.25, 0.3) is 0 Å². The maximum atomic E-state index is 12.8. The van der Waals surface area contributed by atoms with Crippen LogP contribution in [-0.4, -0.2) is 81.7 Å². The van der Waals surface area contributed by atoms with Crippen LogP contribution in [-0.2, 0) is 10.0 Å². The number of sulfonamides is 1. The normalized spacial score (nSPS) is 21.8. The molecule has 0 bridgehead atoms. The van der Waals surface area contributed by atoms with Gasteiger partial charge in [-0.1, -0.05) is 0 Å². The molecule has 0 radical (unpaired) electrons. The summed E-state index contributed by atoms with van der Waals surface area (Å²) in [5.74, 6) is 1.58. The maximum absolute atomic E-state index is 12.8. The number of piperidine rings is 2. The number of hydrogen-bond acceptors (Lipinski definition) is 5. The molecule has 10 heteroatoms. The van der Waals surface area contributed by atoms with Crippen LogP contribution in [0.5, 0.6) is 0 Å². The van der Waals surface area contributed by atoms with Crippen LogP contribution in [0.3, 0.4) is 0 Å². The molecule has 2 aliphatic rings. The van der Waals surface area contributed by atoms with Gasteiger partial charge in [0, 0.05) is 32.2 Å². The average molecular weight is 416 g/mol. The molecular formula is C18H37N7O2S. The van der Waals surface area contributed by atoms with Crippen molar-refractivity contribution in [3.05, 3.63) is 0 Å². The first-order chi connectivity index (χ1) is 13.3. The smallest absolute Gasteiger partial charge is 0.217 e. The summed E-state index contributed by atoms with van der Waals surface area (Å²) in [6, 6.07) is 0.567. The monoisotopic (exact) mass is 415 g/mol. The number of amidine groups is 1. The molecule has 0 aliphatic carbocycles. The molecule has 0 aromatic heterocycles. The highest BCUT2D eigenvalue weighted by molar-refractivity contribution is 7.89. The van der Waals surface area contributed by atoms with Gasteiger partial charge in [0.1, 0.15) is 6.67 Å². The Kier molecular flexibility index (Phi) is 8.97. The minimum absolute atomic E-state index is 0.213. The Hall–Kier alpha value is -1.39. The second-order valence-corrected chi connectivity index (χ2v) is 9.97. The van der Waals surface area contributed by atoms with Gasteiger partial charge >= 0.3 is 0 Å². The molecule has 2 heterocycles. The van der Waals surface area contributed by atoms with Crippen molar-refractivity contribution < 1.29 is 8.42 Å². The molecule has 2 saturated heterocycles. The predicted molar refractivity (Wildman–Crippen MR) is 115 cm³/mol. The summed E-state index contributed by atoms with van der Waals surface area (Å²) in [7, 11) is -1.45. The van der Waals surface area contributed by atoms with Gasteiger partial charge in [0.15, 0.2) is 5.96 Å². The van der Waals surface area contributed by atoms with E-state index in [1.165, 1.54) is 0 Å². The molecule has 0 aromatic carbocycles. The lowest BCUT2D eigenvalue weighted by atomic mass is 10.1. The van der Waals surface area contributed by atoms with E-state index in [2.05, 4.69) is 45.1 Å². The summed E-state index contributed by atoms with van der Waals surface area (Å²) in [5, 5.41) is 12.8. The first kappa shape index (κ1) is 22.9. The molecule has 162 valence electrons. The van der Waals surface area contributed by atoms with Gasteiger partial charge in [-0.3, -0.25) is 9.98 Å². The number of nitrogens with zero attached hydrogens (tertiary/aromatic N) is 3. The van der Waals surface area contributed by atoms with Crippen LogP contribution in [0.15, 0.2) is 9.98 Å². The van der Waals surface area contributed by atoms with E-state index < -0.39 is 10.0 Å². The lowest BCUT2D eigenvalue weighted by Crippen LogP contribution is -2.52. The third kappa shape index (κ3) is 6.89. The zero-order chi connectivity index (χ0) is 20.6. The van der Waals surface area contributed by atoms with Crippen molar-refractivity contribution in [3.8, 4) is 0 Å². The summed E-state index contributed by atoms with van der Waals surface area (Å²) in [5.41, 5.74) is 0. The molecule has 0 unspecified atom stereocenters. The molecule has 0 atom stereocenters. The molecular weight excluding hydrogens is 378 g/mol. The Morgan fingerprint density at radius 3 is 2.39 bits per heavy atom. The third-order valence-corrected chi connectivity index (χ3v) is 7.54. The summed E-state index contributed by atoms with van der Waals surface area (Å²) in [4.78, 5) is 8.67. The van der Waals surface area contributed by atoms with Gasteiger partial charge in [-0.25, -0.2) is 12.7 Å². The van der Waals surface area contributed by atoms with Gasteiger partial charge in [-0.05, 0) is 59.5 Å². The predicted octanol–water partition coefficient (Wildman–Crippen LogP) is 0.0715. The molecule has 0 amide bonds. The topological polar surface area (TPSA) is 110 Å². The minimum Gasteiger partial charge on any atom is -0.372 e. The lowest BCUT2D eigenvalue weighted by Gasteiger charge is -2.35. The number of guanidine groups is 1. The van der Waals surface area contributed by atoms with Gasteiger partial charge in [0.05, 0.1) is 11.1 Å². The van der Waals surface area contributed by atoms with Crippen LogP contribution in [0.4, 0.5) is 0 Å². The molecule has 28 heavy (non-hydrogen) atoms. The fourth-order valence-corrected chi connectivity index (χ4v) is 5.62. The zero-order valence-corrected chi connectivity index (χ0v) is 18.5. The maximum Gasteiger partial charge on any atom is 0.217 e. The second-order valence-electron chi connectivity index (χ2n) is 7.76. The first-order valence-corrected chi connectivity index (χ1v) is 11.8. The van der Waals surface area contributed by atoms with Crippen molar-refractivity contribution in [1.29, 1.82) is 0 Å². The van der Waals surface area contributed by atoms with E-state index in [1.807, 2.05) is 6.92 Å². The molecule has 0 aromatic rings. The number of hydrogen-bond donors (Lipinski definition) is 4. The molecule has 2 aliphatic heterocycles. The first-order valence-electron chi connectivity index (χ1n) is 10.3. The van der Waals surface area contributed by atoms with Crippen molar-refractivity contribution in [3.63, 3.8) is 0 Å². The minimum atomic E-state index is -3.18. The van der Waals surface area contributed by atoms with Crippen LogP contribution in [0, 0.1) is 0 Å². The number of rotatable bonds is 6. The van der Waals surface area contributed by atoms with Crippen molar-refractivity contribution >= 4 is 21.8 Å². The van der Waals surface area contributed by atoms with Crippen molar-refractivity contribution in [1.82, 2.24) is 25.6 Å². The Balaban J connectivity index is 1.77. The highest BCUT2D eigenvalue weighted by atomic mass is 32.2. The zero-order valence-electron chi connectivity index (χ0n) is 17.7. The van der Waals surface area contributed by atoms with E-state index in [9.17, 15) is 8.42 Å². The standard InChI is InChI=1S/C18H37N7O2S/c1-14(2)23-15(3)21-13-22-18(19-4)24-16-7-11-25(12-8-16)28(26,27)17-5-9-20-10-6-17/h14,16-17,20H,5-13H2,1-4H3,(H,21,23)(H2,19,22,24). The van der Waals surface area contributed by atoms with Crippen LogP contribution >= 0.6 is 0 Å². The van der Waals surface area contributed by atoms with E-state index in [-0.39, 0.29) is 11.3 Å². The van der Waals surface area contributed by atoms with E-state index in [0.717, 1.165) is 31.8 Å². The SMILES string of the molecule is CN=C(NCN=C(C)NC(C)C)NC1CCN(S(=O)(=O)C2CCNCC2)CC1. The summed E-state index contributed by atoms with van der Waals surface area (Å²) < 4.78 is 27.3. The largest absolute Gasteiger partial charge is 0.372 e. The van der Waals surface area contributed by atoms with Crippen molar-refractivity contribution in [2.24, 2.45) is 9.98 Å². The van der Waals surface area contributed by atoms with E-state index in [0.29, 0.717) is 44.6 Å². The molecule has 4 N–H and O–H groups in total. The average Bonchev–Trinajstić information content (AvgIpc) is 2.67. The fraction of sp³-hybridized carbons (Fsp3) is 0.889. The molecule has 2 fully saturated rings. The van der Waals surface area contributed by atoms with Crippen LogP contribution in [0.2, 0.25) is 0 Å². The lowest BCUT2D eigenvalue weighted by molar-refractivity contribution is 0.300. The van der Waals surface area contributed by atoms with Crippen LogP contribution < -0.4 is 21.3 Å². The fourth-order valence-electron chi connectivity index (χ4n) is 3.64. The Bertz CT molecular complexity index is 634. The van der Waals surface area contributed by atoms with Crippen LogP contribution in [0.25, 0.3) is 0 Å². The highest BCUT2D eigenvalue weighted by Gasteiger charge is 2.35. The van der Waals surface area contributed by atoms with Crippen LogP contribution in [0.1, 0.15) is 46.5 Å². The third-order valence-electron chi connectivity index (χ3n) is 5.15. The number of nitrogens with one attached hydrogen (secondary N) is 4. The van der Waals surface area contributed by atoms with Gasteiger partial charge in [-0.2, -0.15) is 0 Å². The quantitative estimate of drug-likeness (QED) is 0.361. The molecule has 0 saturated carbocycles. The highest BCUT2D eigenvalue weighted by Crippen LogP contribution is 2.22. The summed E-state index contributed by atoms with van der Waals surface area (Å²) in [6.45, 7) is 9.24. The summed E-state index contributed by atoms with van der Waals surface area (Å²) >= 11 is 0. The Morgan fingerprint density at radius 2 is 1.82 bits per heavy atom. The molecule has 2 rings (SSSR count). The Labute approximate surface area is 169 Å². The van der Waals surface area contributed by atoms with E-state index in [1.54, 1.807) is 11.4 Å². The van der Waals surface area contributed by atoms with Crippen molar-refractivity contribution in [2.75, 3.05) is 39.9 Å². The molecule has 0 spiro atoms.